The lowest BCUT2D eigenvalue weighted by molar-refractivity contribution is -0.260. The van der Waals surface area contributed by atoms with Gasteiger partial charge >= 0.3 is 6.18 Å². The maximum Gasteiger partial charge on any atom is 0.416 e. The molecule has 108 valence electrons. The van der Waals surface area contributed by atoms with Gasteiger partial charge in [0.1, 0.15) is 12.5 Å². The molecule has 19 heavy (non-hydrogen) atoms. The zero-order chi connectivity index (χ0) is 14.9. The fourth-order valence-corrected chi connectivity index (χ4v) is 1.79. The second-order valence-corrected chi connectivity index (χ2v) is 4.72. The Hall–Kier alpha value is -1.21. The quantitative estimate of drug-likeness (QED) is 0.834. The summed E-state index contributed by atoms with van der Waals surface area (Å²) in [7, 11) is 0. The van der Waals surface area contributed by atoms with Crippen LogP contribution in [0.4, 0.5) is 22.0 Å². The highest BCUT2D eigenvalue weighted by Gasteiger charge is 2.54. The molecule has 0 fully saturated rings. The van der Waals surface area contributed by atoms with Gasteiger partial charge in [-0.1, -0.05) is 18.2 Å². The molecular weight excluding hydrogens is 269 g/mol. The van der Waals surface area contributed by atoms with Crippen molar-refractivity contribution in [1.82, 2.24) is 0 Å². The molecule has 0 aliphatic carbocycles. The number of alkyl halides is 4. The van der Waals surface area contributed by atoms with Crippen LogP contribution in [0.3, 0.4) is 0 Å². The first-order valence-electron chi connectivity index (χ1n) is 5.42. The Labute approximate surface area is 107 Å². The van der Waals surface area contributed by atoms with E-state index in [0.29, 0.717) is 6.92 Å². The molecule has 0 heterocycles. The second-order valence-electron chi connectivity index (χ2n) is 4.72. The Morgan fingerprint density at radius 3 is 2.16 bits per heavy atom. The smallest absolute Gasteiger partial charge is 0.381 e. The Balaban J connectivity index is 3.17. The van der Waals surface area contributed by atoms with Gasteiger partial charge in [-0.3, -0.25) is 0 Å². The Bertz CT molecular complexity index is 446. The van der Waals surface area contributed by atoms with Crippen LogP contribution >= 0.6 is 0 Å². The molecule has 1 rings (SSSR count). The number of benzene rings is 1. The minimum absolute atomic E-state index is 0.401. The minimum Gasteiger partial charge on any atom is -0.381 e. The van der Waals surface area contributed by atoms with Crippen molar-refractivity contribution in [1.29, 1.82) is 0 Å². The highest BCUT2D eigenvalue weighted by Crippen LogP contribution is 2.39. The van der Waals surface area contributed by atoms with Gasteiger partial charge in [-0.05, 0) is 13.0 Å². The van der Waals surface area contributed by atoms with Crippen LogP contribution in [0, 0.1) is 5.82 Å². The molecule has 0 aromatic heterocycles. The molecule has 0 radical (unpaired) electrons. The summed E-state index contributed by atoms with van der Waals surface area (Å²) in [5.74, 6) is -0.916. The Morgan fingerprint density at radius 1 is 1.21 bits per heavy atom. The van der Waals surface area contributed by atoms with Crippen LogP contribution in [-0.2, 0) is 5.54 Å². The van der Waals surface area contributed by atoms with Gasteiger partial charge in [-0.2, -0.15) is 13.2 Å². The average molecular weight is 283 g/mol. The summed E-state index contributed by atoms with van der Waals surface area (Å²) in [6, 6.07) is 4.70. The molecular formula is C12H14F5NO. The fraction of sp³-hybridized carbons (Fsp3) is 0.500. The second kappa shape index (κ2) is 5.05. The van der Waals surface area contributed by atoms with Crippen LogP contribution in [0.5, 0.6) is 0 Å². The summed E-state index contributed by atoms with van der Waals surface area (Å²) in [4.78, 5) is 0. The number of hydrogen-bond donors (Lipinski definition) is 2. The fourth-order valence-electron chi connectivity index (χ4n) is 1.79. The van der Waals surface area contributed by atoms with Crippen LogP contribution in [0.15, 0.2) is 24.3 Å². The molecule has 0 saturated carbocycles. The van der Waals surface area contributed by atoms with Gasteiger partial charge in [0.15, 0.2) is 5.60 Å². The lowest BCUT2D eigenvalue weighted by atomic mass is 9.81. The Kier molecular flexibility index (Phi) is 4.21. The van der Waals surface area contributed by atoms with E-state index in [1.165, 1.54) is 12.1 Å². The molecule has 2 nitrogen and oxygen atoms in total. The largest absolute Gasteiger partial charge is 0.416 e. The van der Waals surface area contributed by atoms with E-state index in [1.807, 2.05) is 0 Å². The molecule has 0 saturated heterocycles. The van der Waals surface area contributed by atoms with Crippen molar-refractivity contribution in [3.8, 4) is 0 Å². The van der Waals surface area contributed by atoms with Crippen molar-refractivity contribution < 1.29 is 27.1 Å². The molecule has 0 bridgehead atoms. The molecule has 0 aliphatic rings. The van der Waals surface area contributed by atoms with Gasteiger partial charge in [-0.15, -0.1) is 0 Å². The zero-order valence-electron chi connectivity index (χ0n) is 10.1. The van der Waals surface area contributed by atoms with Crippen molar-refractivity contribution in [3.05, 3.63) is 35.6 Å². The van der Waals surface area contributed by atoms with Gasteiger partial charge in [0.05, 0.1) is 5.54 Å². The van der Waals surface area contributed by atoms with Crippen molar-refractivity contribution in [2.45, 2.75) is 30.7 Å². The first-order valence-corrected chi connectivity index (χ1v) is 5.42. The molecule has 0 unspecified atom stereocenters. The van der Waals surface area contributed by atoms with Gasteiger partial charge in [0.25, 0.3) is 0 Å². The first-order chi connectivity index (χ1) is 8.53. The number of hydrogen-bond acceptors (Lipinski definition) is 2. The number of rotatable bonds is 4. The van der Waals surface area contributed by atoms with E-state index in [4.69, 9.17) is 5.73 Å². The highest BCUT2D eigenvalue weighted by atomic mass is 19.4. The van der Waals surface area contributed by atoms with Crippen LogP contribution < -0.4 is 5.73 Å². The normalized spacial score (nSPS) is 18.7. The SMILES string of the molecule is C[C@@](O)(C[C@](N)(CF)c1ccccc1F)C(F)(F)F. The minimum atomic E-state index is -4.99. The predicted molar refractivity (Wildman–Crippen MR) is 59.5 cm³/mol. The van der Waals surface area contributed by atoms with Crippen molar-refractivity contribution in [2.75, 3.05) is 6.67 Å². The molecule has 0 spiro atoms. The third-order valence-corrected chi connectivity index (χ3v) is 2.92. The molecule has 0 aliphatic heterocycles. The molecule has 3 N–H and O–H groups in total. The topological polar surface area (TPSA) is 46.2 Å². The van der Waals surface area contributed by atoms with Crippen LogP contribution in [0.25, 0.3) is 0 Å². The summed E-state index contributed by atoms with van der Waals surface area (Å²) < 4.78 is 64.4. The molecule has 1 aromatic rings. The summed E-state index contributed by atoms with van der Waals surface area (Å²) in [5.41, 5.74) is -0.332. The molecule has 2 atom stereocenters. The van der Waals surface area contributed by atoms with Crippen molar-refractivity contribution >= 4 is 0 Å². The van der Waals surface area contributed by atoms with E-state index in [-0.39, 0.29) is 0 Å². The van der Waals surface area contributed by atoms with E-state index in [1.54, 1.807) is 0 Å². The first kappa shape index (κ1) is 15.8. The molecule has 0 amide bonds. The number of aliphatic hydroxyl groups is 1. The lowest BCUT2D eigenvalue weighted by Gasteiger charge is -2.36. The van der Waals surface area contributed by atoms with Gasteiger partial charge in [0.2, 0.25) is 0 Å². The monoisotopic (exact) mass is 283 g/mol. The van der Waals surface area contributed by atoms with Gasteiger partial charge in [-0.25, -0.2) is 8.78 Å². The predicted octanol–water partition coefficient (Wildman–Crippen LogP) is 2.65. The van der Waals surface area contributed by atoms with E-state index in [0.717, 1.165) is 12.1 Å². The lowest BCUT2D eigenvalue weighted by Crippen LogP contribution is -2.52. The Morgan fingerprint density at radius 2 is 1.74 bits per heavy atom. The van der Waals surface area contributed by atoms with E-state index >= 15 is 0 Å². The van der Waals surface area contributed by atoms with Gasteiger partial charge < -0.3 is 10.8 Å². The van der Waals surface area contributed by atoms with E-state index in [9.17, 15) is 27.1 Å². The highest BCUT2D eigenvalue weighted by molar-refractivity contribution is 5.27. The summed E-state index contributed by atoms with van der Waals surface area (Å²) in [5, 5.41) is 9.38. The standard InChI is InChI=1S/C12H14F5NO/c1-10(19,12(15,16)17)6-11(18,7-13)8-4-2-3-5-9(8)14/h2-5,19H,6-7,18H2,1H3/t10-,11+/m1/s1. The van der Waals surface area contributed by atoms with Crippen molar-refractivity contribution in [3.63, 3.8) is 0 Å². The van der Waals surface area contributed by atoms with E-state index in [2.05, 4.69) is 0 Å². The zero-order valence-corrected chi connectivity index (χ0v) is 10.1. The molecule has 7 heteroatoms. The summed E-state index contributed by atoms with van der Waals surface area (Å²) in [6.07, 6.45) is -6.17. The van der Waals surface area contributed by atoms with Crippen LogP contribution in [-0.4, -0.2) is 23.6 Å². The van der Waals surface area contributed by atoms with Crippen molar-refractivity contribution in [2.24, 2.45) is 5.73 Å². The van der Waals surface area contributed by atoms with Gasteiger partial charge in [0, 0.05) is 12.0 Å². The third-order valence-electron chi connectivity index (χ3n) is 2.92. The maximum absolute atomic E-state index is 13.5. The molecule has 1 aromatic carbocycles. The average Bonchev–Trinajstić information content (AvgIpc) is 2.27. The summed E-state index contributed by atoms with van der Waals surface area (Å²) >= 11 is 0. The maximum atomic E-state index is 13.5. The summed E-state index contributed by atoms with van der Waals surface area (Å²) in [6.45, 7) is -0.953. The third kappa shape index (κ3) is 3.22. The number of nitrogens with two attached hydrogens (primary N) is 1. The number of halogens is 5. The van der Waals surface area contributed by atoms with Crippen LogP contribution in [0.2, 0.25) is 0 Å². The van der Waals surface area contributed by atoms with E-state index < -0.39 is 41.8 Å². The van der Waals surface area contributed by atoms with Crippen LogP contribution in [0.1, 0.15) is 18.9 Å².